The fourth-order valence-corrected chi connectivity index (χ4v) is 3.15. The van der Waals surface area contributed by atoms with Gasteiger partial charge in [-0.2, -0.15) is 4.68 Å². The summed E-state index contributed by atoms with van der Waals surface area (Å²) in [7, 11) is 0. The van der Waals surface area contributed by atoms with Crippen molar-refractivity contribution in [3.8, 4) is 5.69 Å². The van der Waals surface area contributed by atoms with Crippen LogP contribution >= 0.6 is 23.7 Å². The lowest BCUT2D eigenvalue weighted by molar-refractivity contribution is 0.0955. The minimum Gasteiger partial charge on any atom is -0.351 e. The summed E-state index contributed by atoms with van der Waals surface area (Å²) in [5, 5.41) is 19.2. The Morgan fingerprint density at radius 3 is 3.19 bits per heavy atom. The Balaban J connectivity index is 0.00000161. The van der Waals surface area contributed by atoms with Crippen molar-refractivity contribution in [3.63, 3.8) is 0 Å². The van der Waals surface area contributed by atoms with Crippen molar-refractivity contribution in [2.24, 2.45) is 5.92 Å². The number of rotatable bonds is 5. The van der Waals surface area contributed by atoms with Gasteiger partial charge in [0.25, 0.3) is 5.91 Å². The fourth-order valence-electron chi connectivity index (χ4n) is 2.36. The maximum Gasteiger partial charge on any atom is 0.263 e. The van der Waals surface area contributed by atoms with Crippen molar-refractivity contribution in [1.29, 1.82) is 0 Å². The number of nitrogens with zero attached hydrogens (tertiary/aromatic N) is 4. The molecule has 1 aliphatic heterocycles. The van der Waals surface area contributed by atoms with Crippen LogP contribution in [-0.2, 0) is 0 Å². The predicted molar refractivity (Wildman–Crippen MR) is 82.2 cm³/mol. The highest BCUT2D eigenvalue weighted by Crippen LogP contribution is 2.20. The number of thiophene rings is 1. The number of amides is 1. The van der Waals surface area contributed by atoms with Crippen molar-refractivity contribution >= 4 is 29.7 Å². The van der Waals surface area contributed by atoms with Gasteiger partial charge in [0.1, 0.15) is 11.2 Å². The molecular formula is C12H17ClN6OS. The van der Waals surface area contributed by atoms with E-state index >= 15 is 0 Å². The quantitative estimate of drug-likeness (QED) is 0.851. The van der Waals surface area contributed by atoms with E-state index < -0.39 is 0 Å². The molecule has 0 aromatic carbocycles. The largest absolute Gasteiger partial charge is 0.351 e. The topological polar surface area (TPSA) is 84.7 Å². The van der Waals surface area contributed by atoms with Gasteiger partial charge in [-0.05, 0) is 53.7 Å². The van der Waals surface area contributed by atoms with Crippen molar-refractivity contribution in [2.45, 2.75) is 12.8 Å². The third-order valence-electron chi connectivity index (χ3n) is 3.45. The first kappa shape index (κ1) is 15.9. The molecule has 0 spiro atoms. The molecule has 2 N–H and O–H groups in total. The average Bonchev–Trinajstić information content (AvgIpc) is 3.19. The third-order valence-corrected chi connectivity index (χ3v) is 4.35. The van der Waals surface area contributed by atoms with E-state index in [9.17, 15) is 4.79 Å². The Labute approximate surface area is 132 Å². The van der Waals surface area contributed by atoms with Crippen LogP contribution in [0.2, 0.25) is 0 Å². The van der Waals surface area contributed by atoms with E-state index in [0.717, 1.165) is 25.2 Å². The second-order valence-corrected chi connectivity index (χ2v) is 5.71. The van der Waals surface area contributed by atoms with E-state index in [2.05, 4.69) is 26.2 Å². The highest BCUT2D eigenvalue weighted by atomic mass is 35.5. The smallest absolute Gasteiger partial charge is 0.263 e. The molecule has 2 aromatic rings. The normalized spacial score (nSPS) is 17.4. The molecule has 0 bridgehead atoms. The second kappa shape index (κ2) is 7.48. The van der Waals surface area contributed by atoms with E-state index in [-0.39, 0.29) is 18.3 Å². The molecule has 1 unspecified atom stereocenters. The van der Waals surface area contributed by atoms with Gasteiger partial charge in [-0.1, -0.05) is 0 Å². The molecule has 1 atom stereocenters. The van der Waals surface area contributed by atoms with E-state index in [1.807, 2.05) is 11.4 Å². The Morgan fingerprint density at radius 1 is 1.57 bits per heavy atom. The molecule has 2 aromatic heterocycles. The molecule has 3 heterocycles. The summed E-state index contributed by atoms with van der Waals surface area (Å²) in [5.74, 6) is 0.620. The number of halogens is 1. The van der Waals surface area contributed by atoms with E-state index in [0.29, 0.717) is 17.3 Å². The van der Waals surface area contributed by atoms with Gasteiger partial charge in [0.2, 0.25) is 0 Å². The van der Waals surface area contributed by atoms with Crippen LogP contribution in [0.4, 0.5) is 0 Å². The van der Waals surface area contributed by atoms with Crippen molar-refractivity contribution in [3.05, 3.63) is 22.7 Å². The zero-order valence-electron chi connectivity index (χ0n) is 11.4. The fraction of sp³-hybridized carbons (Fsp3) is 0.500. The molecule has 7 nitrogen and oxygen atoms in total. The van der Waals surface area contributed by atoms with Crippen LogP contribution in [0, 0.1) is 5.92 Å². The molecule has 0 saturated carbocycles. The standard InChI is InChI=1S/C12H16N6OS.ClH/c19-12(14-5-2-9-1-4-13-7-9)11-10(3-6-20-11)18-8-15-16-17-18;/h3,6,8-9,13H,1-2,4-5,7H2,(H,14,19);1H. The maximum atomic E-state index is 12.2. The first-order valence-electron chi connectivity index (χ1n) is 6.64. The number of tetrazole rings is 1. The summed E-state index contributed by atoms with van der Waals surface area (Å²) in [6.07, 6.45) is 3.71. The third kappa shape index (κ3) is 3.78. The first-order valence-corrected chi connectivity index (χ1v) is 7.52. The number of hydrogen-bond donors (Lipinski definition) is 2. The molecule has 21 heavy (non-hydrogen) atoms. The monoisotopic (exact) mass is 328 g/mol. The summed E-state index contributed by atoms with van der Waals surface area (Å²) < 4.78 is 1.51. The molecule has 9 heteroatoms. The van der Waals surface area contributed by atoms with E-state index in [1.165, 1.54) is 28.8 Å². The van der Waals surface area contributed by atoms with Gasteiger partial charge in [0.15, 0.2) is 0 Å². The second-order valence-electron chi connectivity index (χ2n) is 4.79. The lowest BCUT2D eigenvalue weighted by Gasteiger charge is -2.09. The average molecular weight is 329 g/mol. The molecule has 1 amide bonds. The van der Waals surface area contributed by atoms with Crippen molar-refractivity contribution in [1.82, 2.24) is 30.8 Å². The Morgan fingerprint density at radius 2 is 2.48 bits per heavy atom. The Kier molecular flexibility index (Phi) is 5.66. The molecular weight excluding hydrogens is 312 g/mol. The highest BCUT2D eigenvalue weighted by molar-refractivity contribution is 7.12. The SMILES string of the molecule is Cl.O=C(NCCC1CCNC1)c1sccc1-n1cnnn1. The summed E-state index contributed by atoms with van der Waals surface area (Å²) in [5.41, 5.74) is 0.722. The van der Waals surface area contributed by atoms with Gasteiger partial charge in [0.05, 0.1) is 5.69 Å². The lowest BCUT2D eigenvalue weighted by atomic mass is 10.1. The van der Waals surface area contributed by atoms with Gasteiger partial charge in [0, 0.05) is 6.54 Å². The Hall–Kier alpha value is -1.51. The lowest BCUT2D eigenvalue weighted by Crippen LogP contribution is -2.26. The molecule has 0 aliphatic carbocycles. The van der Waals surface area contributed by atoms with Crippen LogP contribution in [-0.4, -0.2) is 45.7 Å². The van der Waals surface area contributed by atoms with Gasteiger partial charge in [-0.15, -0.1) is 28.8 Å². The predicted octanol–water partition coefficient (Wildman–Crippen LogP) is 0.875. The first-order chi connectivity index (χ1) is 9.84. The molecule has 1 fully saturated rings. The maximum absolute atomic E-state index is 12.2. The number of hydrogen-bond acceptors (Lipinski definition) is 6. The van der Waals surface area contributed by atoms with Crippen LogP contribution < -0.4 is 10.6 Å². The van der Waals surface area contributed by atoms with Gasteiger partial charge < -0.3 is 10.6 Å². The van der Waals surface area contributed by atoms with Gasteiger partial charge >= 0.3 is 0 Å². The van der Waals surface area contributed by atoms with Crippen LogP contribution in [0.5, 0.6) is 0 Å². The number of carbonyl (C=O) groups is 1. The zero-order valence-corrected chi connectivity index (χ0v) is 13.0. The number of carbonyl (C=O) groups excluding carboxylic acids is 1. The molecule has 3 rings (SSSR count). The van der Waals surface area contributed by atoms with Crippen LogP contribution in [0.25, 0.3) is 5.69 Å². The van der Waals surface area contributed by atoms with E-state index in [1.54, 1.807) is 0 Å². The zero-order chi connectivity index (χ0) is 13.8. The van der Waals surface area contributed by atoms with Crippen LogP contribution in [0.15, 0.2) is 17.8 Å². The minimum atomic E-state index is -0.0588. The van der Waals surface area contributed by atoms with Crippen LogP contribution in [0.3, 0.4) is 0 Å². The molecule has 1 aliphatic rings. The molecule has 114 valence electrons. The summed E-state index contributed by atoms with van der Waals surface area (Å²) in [4.78, 5) is 12.8. The number of aromatic nitrogens is 4. The van der Waals surface area contributed by atoms with Crippen molar-refractivity contribution < 1.29 is 4.79 Å². The van der Waals surface area contributed by atoms with E-state index in [4.69, 9.17) is 0 Å². The summed E-state index contributed by atoms with van der Waals surface area (Å²) in [6, 6.07) is 1.84. The van der Waals surface area contributed by atoms with Gasteiger partial charge in [-0.25, -0.2) is 0 Å². The number of nitrogens with one attached hydrogen (secondary N) is 2. The minimum absolute atomic E-state index is 0. The highest BCUT2D eigenvalue weighted by Gasteiger charge is 2.17. The molecule has 1 saturated heterocycles. The van der Waals surface area contributed by atoms with Crippen molar-refractivity contribution in [2.75, 3.05) is 19.6 Å². The van der Waals surface area contributed by atoms with Gasteiger partial charge in [-0.3, -0.25) is 4.79 Å². The summed E-state index contributed by atoms with van der Waals surface area (Å²) >= 11 is 1.40. The summed E-state index contributed by atoms with van der Waals surface area (Å²) in [6.45, 7) is 2.86. The molecule has 0 radical (unpaired) electrons. The van der Waals surface area contributed by atoms with Crippen LogP contribution in [0.1, 0.15) is 22.5 Å². The Bertz CT molecular complexity index is 566.